The standard InChI is InChI=1S/C20H18O4/c1-23-18-11-5-3-2-4-10-17(22)19(13-7-12-18)20(18,24-19)15-8-6-9-16(21)14-15/h2-3,6,8-9,14,17,21-22H,7,12-13H2,1H3/b3-2-/t17-,18-,19+,20+/m1/s1. The van der Waals surface area contributed by atoms with Crippen LogP contribution in [0.1, 0.15) is 24.8 Å². The number of phenolic OH excluding ortho intramolecular Hbond substituents is 1. The third-order valence-corrected chi connectivity index (χ3v) is 5.32. The average molecular weight is 322 g/mol. The van der Waals surface area contributed by atoms with E-state index >= 15 is 0 Å². The Morgan fingerprint density at radius 1 is 1.25 bits per heavy atom. The molecule has 122 valence electrons. The van der Waals surface area contributed by atoms with Gasteiger partial charge in [0, 0.05) is 7.11 Å². The monoisotopic (exact) mass is 322 g/mol. The van der Waals surface area contributed by atoms with Crippen LogP contribution >= 0.6 is 0 Å². The molecule has 0 radical (unpaired) electrons. The van der Waals surface area contributed by atoms with Gasteiger partial charge in [0.05, 0.1) is 0 Å². The number of rotatable bonds is 2. The summed E-state index contributed by atoms with van der Waals surface area (Å²) in [5.74, 6) is 12.0. The van der Waals surface area contributed by atoms with Crippen LogP contribution in [-0.2, 0) is 15.1 Å². The van der Waals surface area contributed by atoms with Crippen molar-refractivity contribution >= 4 is 0 Å². The van der Waals surface area contributed by atoms with Crippen molar-refractivity contribution in [2.45, 2.75) is 42.2 Å². The van der Waals surface area contributed by atoms with E-state index in [1.807, 2.05) is 6.07 Å². The van der Waals surface area contributed by atoms with Crippen LogP contribution in [0, 0.1) is 23.7 Å². The summed E-state index contributed by atoms with van der Waals surface area (Å²) in [5.41, 5.74) is -1.97. The van der Waals surface area contributed by atoms with Crippen molar-refractivity contribution in [2.24, 2.45) is 0 Å². The molecule has 2 bridgehead atoms. The van der Waals surface area contributed by atoms with Gasteiger partial charge >= 0.3 is 0 Å². The number of benzene rings is 1. The van der Waals surface area contributed by atoms with Crippen molar-refractivity contribution in [2.75, 3.05) is 7.11 Å². The summed E-state index contributed by atoms with van der Waals surface area (Å²) in [6.07, 6.45) is 4.47. The molecule has 4 nitrogen and oxygen atoms in total. The Morgan fingerprint density at radius 2 is 2.08 bits per heavy atom. The predicted molar refractivity (Wildman–Crippen MR) is 87.9 cm³/mol. The summed E-state index contributed by atoms with van der Waals surface area (Å²) in [6.45, 7) is 0. The number of aromatic hydroxyl groups is 1. The van der Waals surface area contributed by atoms with Crippen molar-refractivity contribution in [3.8, 4) is 29.4 Å². The summed E-state index contributed by atoms with van der Waals surface area (Å²) >= 11 is 0. The lowest BCUT2D eigenvalue weighted by Crippen LogP contribution is -2.54. The van der Waals surface area contributed by atoms with Crippen LogP contribution in [0.3, 0.4) is 0 Å². The van der Waals surface area contributed by atoms with E-state index in [-0.39, 0.29) is 5.75 Å². The Labute approximate surface area is 141 Å². The van der Waals surface area contributed by atoms with Gasteiger partial charge in [-0.2, -0.15) is 0 Å². The Morgan fingerprint density at radius 3 is 2.88 bits per heavy atom. The second-order valence-corrected chi connectivity index (χ2v) is 6.40. The van der Waals surface area contributed by atoms with E-state index in [4.69, 9.17) is 9.47 Å². The molecule has 1 saturated heterocycles. The van der Waals surface area contributed by atoms with Gasteiger partial charge in [0.25, 0.3) is 0 Å². The van der Waals surface area contributed by atoms with Gasteiger partial charge in [0.15, 0.2) is 11.2 Å². The smallest absolute Gasteiger partial charge is 0.167 e. The average Bonchev–Trinajstić information content (AvgIpc) is 3.30. The van der Waals surface area contributed by atoms with E-state index in [0.29, 0.717) is 12.8 Å². The summed E-state index contributed by atoms with van der Waals surface area (Å²) < 4.78 is 12.2. The number of ether oxygens (including phenoxy) is 2. The minimum Gasteiger partial charge on any atom is -0.508 e. The van der Waals surface area contributed by atoms with Gasteiger partial charge < -0.3 is 19.7 Å². The molecule has 24 heavy (non-hydrogen) atoms. The highest BCUT2D eigenvalue weighted by Crippen LogP contribution is 2.70. The molecule has 2 aliphatic carbocycles. The van der Waals surface area contributed by atoms with Gasteiger partial charge in [-0.25, -0.2) is 0 Å². The first-order chi connectivity index (χ1) is 11.6. The van der Waals surface area contributed by atoms with Crippen LogP contribution in [0.2, 0.25) is 0 Å². The number of methoxy groups -OCH3 is 1. The number of hydrogen-bond acceptors (Lipinski definition) is 4. The molecule has 4 atom stereocenters. The summed E-state index contributed by atoms with van der Waals surface area (Å²) in [4.78, 5) is 0. The molecule has 4 heteroatoms. The lowest BCUT2D eigenvalue weighted by atomic mass is 9.64. The predicted octanol–water partition coefficient (Wildman–Crippen LogP) is 1.86. The molecule has 4 rings (SSSR count). The van der Waals surface area contributed by atoms with Crippen molar-refractivity contribution < 1.29 is 19.7 Å². The first kappa shape index (κ1) is 15.3. The molecule has 1 aromatic carbocycles. The highest BCUT2D eigenvalue weighted by atomic mass is 16.7. The summed E-state index contributed by atoms with van der Waals surface area (Å²) in [6, 6.07) is 6.90. The molecule has 1 aliphatic heterocycles. The van der Waals surface area contributed by atoms with Crippen LogP contribution in [0.15, 0.2) is 36.4 Å². The normalized spacial score (nSPS) is 40.2. The van der Waals surface area contributed by atoms with Gasteiger partial charge in [0.1, 0.15) is 17.5 Å². The van der Waals surface area contributed by atoms with Crippen LogP contribution in [0.25, 0.3) is 0 Å². The highest BCUT2D eigenvalue weighted by Gasteiger charge is 2.83. The molecule has 2 fully saturated rings. The third-order valence-electron chi connectivity index (χ3n) is 5.32. The topological polar surface area (TPSA) is 62.2 Å². The van der Waals surface area contributed by atoms with Crippen molar-refractivity contribution in [3.05, 3.63) is 42.0 Å². The number of aliphatic hydroxyl groups is 1. The van der Waals surface area contributed by atoms with Crippen LogP contribution in [-0.4, -0.2) is 34.6 Å². The fourth-order valence-electron chi connectivity index (χ4n) is 4.25. The van der Waals surface area contributed by atoms with Crippen molar-refractivity contribution in [1.29, 1.82) is 0 Å². The molecule has 1 saturated carbocycles. The first-order valence-electron chi connectivity index (χ1n) is 8.02. The minimum absolute atomic E-state index is 0.141. The summed E-state index contributed by atoms with van der Waals surface area (Å²) in [5, 5.41) is 20.7. The molecule has 0 amide bonds. The second-order valence-electron chi connectivity index (χ2n) is 6.40. The van der Waals surface area contributed by atoms with E-state index < -0.39 is 22.9 Å². The van der Waals surface area contributed by atoms with E-state index in [1.54, 1.807) is 37.5 Å². The van der Waals surface area contributed by atoms with E-state index in [2.05, 4.69) is 23.7 Å². The highest BCUT2D eigenvalue weighted by molar-refractivity contribution is 5.51. The number of phenols is 1. The van der Waals surface area contributed by atoms with Crippen LogP contribution in [0.5, 0.6) is 5.75 Å². The Kier molecular flexibility index (Phi) is 3.27. The maximum Gasteiger partial charge on any atom is 0.167 e. The Balaban J connectivity index is 1.99. The zero-order chi connectivity index (χ0) is 16.8. The fourth-order valence-corrected chi connectivity index (χ4v) is 4.25. The number of epoxide rings is 1. The zero-order valence-corrected chi connectivity index (χ0v) is 13.4. The molecule has 0 spiro atoms. The fraction of sp³-hybridized carbons (Fsp3) is 0.400. The minimum atomic E-state index is -0.959. The molecule has 1 aromatic rings. The zero-order valence-electron chi connectivity index (χ0n) is 13.4. The molecule has 0 unspecified atom stereocenters. The first-order valence-corrected chi connectivity index (χ1v) is 8.02. The number of allylic oxidation sites excluding steroid dienone is 2. The molecular formula is C20H18O4. The molecule has 2 N–H and O–H groups in total. The van der Waals surface area contributed by atoms with Gasteiger partial charge in [-0.1, -0.05) is 35.8 Å². The molecule has 1 heterocycles. The molecule has 3 aliphatic rings. The van der Waals surface area contributed by atoms with Crippen molar-refractivity contribution in [1.82, 2.24) is 0 Å². The van der Waals surface area contributed by atoms with Crippen LogP contribution < -0.4 is 0 Å². The van der Waals surface area contributed by atoms with E-state index in [9.17, 15) is 10.2 Å². The number of hydrogen-bond donors (Lipinski definition) is 2. The largest absolute Gasteiger partial charge is 0.508 e. The maximum atomic E-state index is 10.8. The molecule has 0 aromatic heterocycles. The van der Waals surface area contributed by atoms with Gasteiger partial charge in [-0.15, -0.1) is 0 Å². The Bertz CT molecular complexity index is 836. The lowest BCUT2D eigenvalue weighted by Gasteiger charge is -2.40. The van der Waals surface area contributed by atoms with Crippen LogP contribution in [0.4, 0.5) is 0 Å². The number of aliphatic hydroxyl groups excluding tert-OH is 1. The quantitative estimate of drug-likeness (QED) is 0.644. The van der Waals surface area contributed by atoms with E-state index in [1.165, 1.54) is 0 Å². The molecular weight excluding hydrogens is 304 g/mol. The third kappa shape index (κ3) is 1.77. The summed E-state index contributed by atoms with van der Waals surface area (Å²) in [7, 11) is 1.62. The Hall–Kier alpha value is -2.24. The SMILES string of the molecule is CO[C@]12C#C/C=C\C#C[C@@H](O)[C@]3(CCC1)O[C@@]23c1cccc(O)c1. The maximum absolute atomic E-state index is 10.8. The lowest BCUT2D eigenvalue weighted by molar-refractivity contribution is -0.0456. The van der Waals surface area contributed by atoms with Gasteiger partial charge in [-0.05, 0) is 49.1 Å². The van der Waals surface area contributed by atoms with Crippen molar-refractivity contribution in [3.63, 3.8) is 0 Å². The second kappa shape index (κ2) is 5.13. The van der Waals surface area contributed by atoms with E-state index in [0.717, 1.165) is 12.0 Å². The van der Waals surface area contributed by atoms with Gasteiger partial charge in [0.2, 0.25) is 0 Å². The van der Waals surface area contributed by atoms with Gasteiger partial charge in [-0.3, -0.25) is 0 Å².